The van der Waals surface area contributed by atoms with Crippen molar-refractivity contribution in [1.29, 1.82) is 0 Å². The maximum Gasteiger partial charge on any atom is 0.161 e. The van der Waals surface area contributed by atoms with Crippen molar-refractivity contribution in [2.75, 3.05) is 108 Å². The Morgan fingerprint density at radius 1 is 0.302 bits per heavy atom. The molecule has 16 nitrogen and oxygen atoms in total. The Morgan fingerprint density at radius 2 is 0.583 bits per heavy atom. The largest absolute Gasteiger partial charge is 0.497 e. The maximum atomic E-state index is 6.15. The molecule has 10 rings (SSSR count). The fourth-order valence-corrected chi connectivity index (χ4v) is 10.6. The van der Waals surface area contributed by atoms with E-state index in [0.717, 1.165) is 144 Å². The predicted octanol–water partition coefficient (Wildman–Crippen LogP) is 16.0. The second-order valence-corrected chi connectivity index (χ2v) is 22.7. The molecule has 0 atom stereocenters. The van der Waals surface area contributed by atoms with Crippen LogP contribution in [0.2, 0.25) is 0 Å². The van der Waals surface area contributed by atoms with Crippen LogP contribution in [-0.2, 0) is 31.8 Å². The Morgan fingerprint density at radius 3 is 0.906 bits per heavy atom. The average Bonchev–Trinajstić information content (AvgIpc) is 0.830. The third kappa shape index (κ3) is 20.5. The summed E-state index contributed by atoms with van der Waals surface area (Å²) in [7, 11) is 6.69. The van der Waals surface area contributed by atoms with E-state index in [1.807, 2.05) is 111 Å². The highest BCUT2D eigenvalue weighted by Gasteiger charge is 2.16. The molecule has 96 heavy (non-hydrogen) atoms. The van der Waals surface area contributed by atoms with Crippen LogP contribution in [0, 0.1) is 13.8 Å². The van der Waals surface area contributed by atoms with Crippen LogP contribution in [0.15, 0.2) is 206 Å². The first-order valence-electron chi connectivity index (χ1n) is 32.3. The lowest BCUT2D eigenvalue weighted by molar-refractivity contribution is 0.0353. The first-order valence-corrected chi connectivity index (χ1v) is 32.3. The zero-order valence-electron chi connectivity index (χ0n) is 55.7. The van der Waals surface area contributed by atoms with Crippen molar-refractivity contribution in [2.24, 2.45) is 0 Å². The van der Waals surface area contributed by atoms with Crippen LogP contribution in [0.3, 0.4) is 0 Å². The Hall–Kier alpha value is -10.1. The molecule has 0 fully saturated rings. The summed E-state index contributed by atoms with van der Waals surface area (Å²) in [6.07, 6.45) is 3.01. The number of nitrogens with zero attached hydrogens (tertiary/aromatic N) is 4. The molecule has 0 amide bonds. The van der Waals surface area contributed by atoms with Gasteiger partial charge in [-0.05, 0) is 211 Å². The molecule has 0 unspecified atom stereocenters. The van der Waals surface area contributed by atoms with E-state index in [1.54, 1.807) is 28.4 Å². The van der Waals surface area contributed by atoms with Crippen LogP contribution in [-0.4, -0.2) is 128 Å². The lowest BCUT2D eigenvalue weighted by atomic mass is 10.0. The Bertz CT molecular complexity index is 3810. The number of pyridine rings is 4. The Labute approximate surface area is 563 Å². The number of rotatable bonds is 38. The van der Waals surface area contributed by atoms with E-state index < -0.39 is 0 Å². The molecule has 0 radical (unpaired) electrons. The van der Waals surface area contributed by atoms with Crippen LogP contribution >= 0.6 is 0 Å². The zero-order chi connectivity index (χ0) is 66.7. The number of hydrogen-bond donors (Lipinski definition) is 0. The molecular weight excluding hydrogens is 1210 g/mol. The highest BCUT2D eigenvalue weighted by Crippen LogP contribution is 2.35. The third-order valence-corrected chi connectivity index (χ3v) is 15.6. The quantitative estimate of drug-likeness (QED) is 0.0265. The van der Waals surface area contributed by atoms with Crippen molar-refractivity contribution in [2.45, 2.75) is 39.5 Å². The summed E-state index contributed by atoms with van der Waals surface area (Å²) in [4.78, 5) is 20.1. The van der Waals surface area contributed by atoms with Crippen molar-refractivity contribution in [1.82, 2.24) is 19.9 Å². The molecule has 0 saturated carbocycles. The van der Waals surface area contributed by atoms with E-state index >= 15 is 0 Å². The summed E-state index contributed by atoms with van der Waals surface area (Å²) in [5, 5.41) is 0. The highest BCUT2D eigenvalue weighted by molar-refractivity contribution is 5.76. The molecule has 0 spiro atoms. The lowest BCUT2D eigenvalue weighted by Gasteiger charge is -2.15. The SMILES string of the molecule is C=C(COc1ccccc1OCCOCCOCCCc1cc(-c2ccc(OC)cc2)cc(-c2cc(-c3ccc(OC)cc3)cc(C)n2)n1)COc1ccccc1OCCOCCOCCCc1cc(-c2ccc(OC)cc2)cc(-c2cc(-c3ccc(OC)cc3)cc(C)n2)n1. The minimum atomic E-state index is 0.225. The van der Waals surface area contributed by atoms with Gasteiger partial charge in [-0.1, -0.05) is 79.4 Å². The minimum Gasteiger partial charge on any atom is -0.497 e. The fraction of sp³-hybridized carbons (Fsp3) is 0.275. The van der Waals surface area contributed by atoms with Crippen molar-refractivity contribution < 1.29 is 56.8 Å². The molecule has 4 heterocycles. The molecule has 4 aromatic heterocycles. The summed E-state index contributed by atoms with van der Waals surface area (Å²) in [6, 6.07) is 64.2. The number of aromatic nitrogens is 4. The standard InChI is InChI=1S/C80H84N4O12/c1-56(54-95-79-18-10-8-16-77(79)93-44-42-91-40-38-89-36-12-14-67-48-65(61-24-32-71(87-6)33-25-61)52-75(83-67)73-50-63(46-57(2)81-73)59-20-28-69(85-4)29-21-59)55-96-80-19-11-9-17-78(80)94-45-43-92-41-39-90-37-13-15-68-49-66(62-26-34-72(88-7)35-27-62)53-76(84-68)74-51-64(47-58(3)82-74)60-22-30-70(86-5)31-23-60/h8-11,16-35,46-53H,1,12-15,36-45,54-55H2,2-7H3. The van der Waals surface area contributed by atoms with Gasteiger partial charge < -0.3 is 56.8 Å². The number of aryl methyl sites for hydroxylation is 4. The molecule has 16 heteroatoms. The van der Waals surface area contributed by atoms with E-state index in [-0.39, 0.29) is 13.2 Å². The summed E-state index contributed by atoms with van der Waals surface area (Å²) in [5.41, 5.74) is 16.2. The minimum absolute atomic E-state index is 0.225. The first-order chi connectivity index (χ1) is 47.1. The van der Waals surface area contributed by atoms with Gasteiger partial charge in [0.05, 0.1) is 90.9 Å². The Balaban J connectivity index is 0.600. The summed E-state index contributed by atoms with van der Waals surface area (Å²) < 4.78 is 69.9. The average molecular weight is 1290 g/mol. The van der Waals surface area contributed by atoms with Crippen LogP contribution < -0.4 is 37.9 Å². The zero-order valence-corrected chi connectivity index (χ0v) is 55.7. The van der Waals surface area contributed by atoms with E-state index in [0.29, 0.717) is 89.1 Å². The number of hydrogen-bond acceptors (Lipinski definition) is 16. The molecule has 10 aromatic rings. The van der Waals surface area contributed by atoms with Gasteiger partial charge in [0, 0.05) is 36.0 Å². The summed E-state index contributed by atoms with van der Waals surface area (Å²) >= 11 is 0. The molecule has 0 saturated heterocycles. The number of methoxy groups -OCH3 is 4. The molecule has 0 aliphatic carbocycles. The highest BCUT2D eigenvalue weighted by atomic mass is 16.6. The van der Waals surface area contributed by atoms with E-state index in [9.17, 15) is 0 Å². The molecule has 0 aliphatic heterocycles. The fourth-order valence-electron chi connectivity index (χ4n) is 10.6. The second kappa shape index (κ2) is 36.0. The summed E-state index contributed by atoms with van der Waals surface area (Å²) in [6.45, 7) is 13.0. The maximum absolute atomic E-state index is 6.15. The van der Waals surface area contributed by atoms with Gasteiger partial charge in [0.1, 0.15) is 49.4 Å². The van der Waals surface area contributed by atoms with Gasteiger partial charge in [0.15, 0.2) is 23.0 Å². The van der Waals surface area contributed by atoms with Crippen molar-refractivity contribution in [3.63, 3.8) is 0 Å². The molecule has 496 valence electrons. The molecule has 0 aliphatic rings. The molecule has 0 N–H and O–H groups in total. The first kappa shape index (κ1) is 68.8. The van der Waals surface area contributed by atoms with Crippen LogP contribution in [0.1, 0.15) is 35.6 Å². The van der Waals surface area contributed by atoms with E-state index in [2.05, 4.69) is 104 Å². The second-order valence-electron chi connectivity index (χ2n) is 22.7. The van der Waals surface area contributed by atoms with E-state index in [4.69, 9.17) is 76.8 Å². The van der Waals surface area contributed by atoms with Gasteiger partial charge in [-0.2, -0.15) is 0 Å². The van der Waals surface area contributed by atoms with Gasteiger partial charge in [0.25, 0.3) is 0 Å². The Kier molecular flexibility index (Phi) is 25.8. The molecular formula is C80H84N4O12. The van der Waals surface area contributed by atoms with Gasteiger partial charge in [-0.3, -0.25) is 19.9 Å². The van der Waals surface area contributed by atoms with Crippen molar-refractivity contribution in [3.05, 3.63) is 229 Å². The number of benzene rings is 6. The molecule has 6 aromatic carbocycles. The van der Waals surface area contributed by atoms with Gasteiger partial charge >= 0.3 is 0 Å². The summed E-state index contributed by atoms with van der Waals surface area (Å²) in [5.74, 6) is 5.62. The molecule has 0 bridgehead atoms. The monoisotopic (exact) mass is 1290 g/mol. The normalized spacial score (nSPS) is 11.1. The van der Waals surface area contributed by atoms with Crippen LogP contribution in [0.4, 0.5) is 0 Å². The lowest BCUT2D eigenvalue weighted by Crippen LogP contribution is -2.13. The van der Waals surface area contributed by atoms with Crippen molar-refractivity contribution >= 4 is 0 Å². The number of ether oxygens (including phenoxy) is 12. The third-order valence-electron chi connectivity index (χ3n) is 15.6. The topological polar surface area (TPSA) is 162 Å². The van der Waals surface area contributed by atoms with E-state index in [1.165, 1.54) is 0 Å². The van der Waals surface area contributed by atoms with Gasteiger partial charge in [-0.15, -0.1) is 0 Å². The van der Waals surface area contributed by atoms with Crippen LogP contribution in [0.5, 0.6) is 46.0 Å². The van der Waals surface area contributed by atoms with Crippen LogP contribution in [0.25, 0.3) is 67.3 Å². The van der Waals surface area contributed by atoms with Gasteiger partial charge in [-0.25, -0.2) is 0 Å². The van der Waals surface area contributed by atoms with Gasteiger partial charge in [0.2, 0.25) is 0 Å². The number of para-hydroxylation sites is 4. The predicted molar refractivity (Wildman–Crippen MR) is 376 cm³/mol. The smallest absolute Gasteiger partial charge is 0.161 e. The van der Waals surface area contributed by atoms with Crippen molar-refractivity contribution in [3.8, 4) is 113 Å².